The van der Waals surface area contributed by atoms with Crippen LogP contribution in [0.3, 0.4) is 0 Å². The van der Waals surface area contributed by atoms with Gasteiger partial charge >= 0.3 is 0 Å². The summed E-state index contributed by atoms with van der Waals surface area (Å²) in [6.07, 6.45) is 1.79. The molecule has 5 heteroatoms. The van der Waals surface area contributed by atoms with E-state index >= 15 is 0 Å². The van der Waals surface area contributed by atoms with Gasteiger partial charge < -0.3 is 9.73 Å². The van der Waals surface area contributed by atoms with E-state index in [1.165, 1.54) is 0 Å². The standard InChI is InChI=1S/C15H16BrCl2NO/c1-2-8-19-12(13-6-7-14(16)20-13)9-10-4-3-5-11(17)15(10)18/h3-7,12,19H,2,8-9H2,1H3. The first kappa shape index (κ1) is 15.9. The quantitative estimate of drug-likeness (QED) is 0.706. The van der Waals surface area contributed by atoms with Crippen molar-refractivity contribution in [3.8, 4) is 0 Å². The van der Waals surface area contributed by atoms with E-state index in [2.05, 4.69) is 28.2 Å². The van der Waals surface area contributed by atoms with Crippen LogP contribution in [0, 0.1) is 0 Å². The Hall–Kier alpha value is -0.480. The van der Waals surface area contributed by atoms with Crippen LogP contribution < -0.4 is 5.32 Å². The summed E-state index contributed by atoms with van der Waals surface area (Å²) in [6, 6.07) is 9.65. The molecule has 0 spiro atoms. The lowest BCUT2D eigenvalue weighted by atomic mass is 10.0. The zero-order chi connectivity index (χ0) is 14.5. The normalized spacial score (nSPS) is 12.6. The average molecular weight is 377 g/mol. The van der Waals surface area contributed by atoms with E-state index < -0.39 is 0 Å². The van der Waals surface area contributed by atoms with E-state index in [4.69, 9.17) is 27.6 Å². The van der Waals surface area contributed by atoms with Gasteiger partial charge in [0.1, 0.15) is 5.76 Å². The predicted octanol–water partition coefficient (Wildman–Crippen LogP) is 5.63. The summed E-state index contributed by atoms with van der Waals surface area (Å²) in [5.74, 6) is 0.890. The van der Waals surface area contributed by atoms with Gasteiger partial charge in [-0.15, -0.1) is 0 Å². The minimum Gasteiger partial charge on any atom is -0.453 e. The molecule has 0 amide bonds. The topological polar surface area (TPSA) is 25.2 Å². The summed E-state index contributed by atoms with van der Waals surface area (Å²) in [6.45, 7) is 3.05. The van der Waals surface area contributed by atoms with E-state index in [1.807, 2.05) is 24.3 Å². The van der Waals surface area contributed by atoms with Crippen LogP contribution in [0.5, 0.6) is 0 Å². The number of benzene rings is 1. The van der Waals surface area contributed by atoms with Gasteiger partial charge in [0, 0.05) is 0 Å². The summed E-state index contributed by atoms with van der Waals surface area (Å²) < 4.78 is 6.39. The molecule has 1 N–H and O–H groups in total. The lowest BCUT2D eigenvalue weighted by Crippen LogP contribution is -2.23. The van der Waals surface area contributed by atoms with Crippen LogP contribution in [-0.4, -0.2) is 6.54 Å². The highest BCUT2D eigenvalue weighted by molar-refractivity contribution is 9.10. The Morgan fingerprint density at radius 2 is 2.05 bits per heavy atom. The first-order valence-electron chi connectivity index (χ1n) is 6.53. The minimum absolute atomic E-state index is 0.0808. The first-order chi connectivity index (χ1) is 9.61. The first-order valence-corrected chi connectivity index (χ1v) is 8.08. The number of furan rings is 1. The zero-order valence-corrected chi connectivity index (χ0v) is 14.2. The molecule has 1 aromatic carbocycles. The van der Waals surface area contributed by atoms with Gasteiger partial charge in [-0.25, -0.2) is 0 Å². The smallest absolute Gasteiger partial charge is 0.169 e. The Labute approximate surface area is 137 Å². The minimum atomic E-state index is 0.0808. The highest BCUT2D eigenvalue weighted by Crippen LogP contribution is 2.30. The van der Waals surface area contributed by atoms with Crippen molar-refractivity contribution in [2.75, 3.05) is 6.54 Å². The molecule has 0 aliphatic carbocycles. The second-order valence-corrected chi connectivity index (χ2v) is 6.13. The van der Waals surface area contributed by atoms with Gasteiger partial charge in [-0.05, 0) is 59.1 Å². The van der Waals surface area contributed by atoms with Crippen molar-refractivity contribution in [3.05, 3.63) is 56.4 Å². The Kier molecular flexibility index (Phi) is 5.97. The molecular weight excluding hydrogens is 361 g/mol. The molecule has 1 unspecified atom stereocenters. The molecule has 0 saturated heterocycles. The van der Waals surface area contributed by atoms with E-state index in [0.717, 1.165) is 35.4 Å². The fourth-order valence-electron chi connectivity index (χ4n) is 2.03. The molecule has 1 heterocycles. The third-order valence-corrected chi connectivity index (χ3v) is 4.32. The monoisotopic (exact) mass is 375 g/mol. The van der Waals surface area contributed by atoms with Crippen LogP contribution in [0.2, 0.25) is 10.0 Å². The molecular formula is C15H16BrCl2NO. The Morgan fingerprint density at radius 3 is 2.70 bits per heavy atom. The molecule has 0 radical (unpaired) electrons. The second-order valence-electron chi connectivity index (χ2n) is 4.57. The van der Waals surface area contributed by atoms with Crippen molar-refractivity contribution in [3.63, 3.8) is 0 Å². The van der Waals surface area contributed by atoms with Crippen molar-refractivity contribution in [1.29, 1.82) is 0 Å². The molecule has 20 heavy (non-hydrogen) atoms. The fraction of sp³-hybridized carbons (Fsp3) is 0.333. The van der Waals surface area contributed by atoms with E-state index in [-0.39, 0.29) is 6.04 Å². The molecule has 1 aromatic heterocycles. The number of hydrogen-bond donors (Lipinski definition) is 1. The number of hydrogen-bond acceptors (Lipinski definition) is 2. The van der Waals surface area contributed by atoms with Crippen LogP contribution in [0.1, 0.15) is 30.7 Å². The maximum Gasteiger partial charge on any atom is 0.169 e. The summed E-state index contributed by atoms with van der Waals surface area (Å²) in [5.41, 5.74) is 1.01. The highest BCUT2D eigenvalue weighted by Gasteiger charge is 2.17. The van der Waals surface area contributed by atoms with Crippen LogP contribution in [0.15, 0.2) is 39.4 Å². The molecule has 2 nitrogen and oxygen atoms in total. The zero-order valence-electron chi connectivity index (χ0n) is 11.1. The van der Waals surface area contributed by atoms with Crippen LogP contribution in [-0.2, 0) is 6.42 Å². The van der Waals surface area contributed by atoms with Gasteiger partial charge in [-0.3, -0.25) is 0 Å². The van der Waals surface area contributed by atoms with Gasteiger partial charge in [0.05, 0.1) is 16.1 Å². The molecule has 0 bridgehead atoms. The lowest BCUT2D eigenvalue weighted by molar-refractivity contribution is 0.400. The average Bonchev–Trinajstić information content (AvgIpc) is 2.86. The maximum absolute atomic E-state index is 6.26. The van der Waals surface area contributed by atoms with Crippen LogP contribution in [0.25, 0.3) is 0 Å². The number of nitrogens with one attached hydrogen (secondary N) is 1. The highest BCUT2D eigenvalue weighted by atomic mass is 79.9. The molecule has 108 valence electrons. The largest absolute Gasteiger partial charge is 0.453 e. The molecule has 1 atom stereocenters. The van der Waals surface area contributed by atoms with Crippen LogP contribution in [0.4, 0.5) is 0 Å². The van der Waals surface area contributed by atoms with Crippen molar-refractivity contribution >= 4 is 39.1 Å². The Balaban J connectivity index is 2.21. The van der Waals surface area contributed by atoms with Gasteiger partial charge in [0.25, 0.3) is 0 Å². The van der Waals surface area contributed by atoms with Gasteiger partial charge in [-0.2, -0.15) is 0 Å². The molecule has 2 aromatic rings. The third kappa shape index (κ3) is 4.01. The molecule has 2 rings (SSSR count). The Morgan fingerprint density at radius 1 is 1.25 bits per heavy atom. The van der Waals surface area contributed by atoms with E-state index in [0.29, 0.717) is 10.0 Å². The van der Waals surface area contributed by atoms with Gasteiger partial charge in [0.15, 0.2) is 4.67 Å². The summed E-state index contributed by atoms with van der Waals surface area (Å²) in [4.78, 5) is 0. The summed E-state index contributed by atoms with van der Waals surface area (Å²) >= 11 is 15.7. The molecule has 0 saturated carbocycles. The fourth-order valence-corrected chi connectivity index (χ4v) is 2.75. The SMILES string of the molecule is CCCNC(Cc1cccc(Cl)c1Cl)c1ccc(Br)o1. The van der Waals surface area contributed by atoms with Crippen LogP contribution >= 0.6 is 39.1 Å². The second kappa shape index (κ2) is 7.51. The van der Waals surface area contributed by atoms with E-state index in [1.54, 1.807) is 6.07 Å². The maximum atomic E-state index is 6.26. The van der Waals surface area contributed by atoms with Crippen molar-refractivity contribution in [2.24, 2.45) is 0 Å². The number of rotatable bonds is 6. The number of halogens is 3. The molecule has 0 aliphatic heterocycles. The third-order valence-electron chi connectivity index (χ3n) is 3.03. The summed E-state index contributed by atoms with van der Waals surface area (Å²) in [5, 5.41) is 4.67. The summed E-state index contributed by atoms with van der Waals surface area (Å²) in [7, 11) is 0. The van der Waals surface area contributed by atoms with Crippen molar-refractivity contribution in [2.45, 2.75) is 25.8 Å². The predicted molar refractivity (Wildman–Crippen MR) is 87.6 cm³/mol. The Bertz CT molecular complexity index is 571. The molecule has 0 aliphatic rings. The van der Waals surface area contributed by atoms with Crippen molar-refractivity contribution in [1.82, 2.24) is 5.32 Å². The molecule has 0 fully saturated rings. The van der Waals surface area contributed by atoms with E-state index in [9.17, 15) is 0 Å². The van der Waals surface area contributed by atoms with Crippen molar-refractivity contribution < 1.29 is 4.42 Å². The van der Waals surface area contributed by atoms with Gasteiger partial charge in [-0.1, -0.05) is 42.3 Å². The lowest BCUT2D eigenvalue weighted by Gasteiger charge is -2.17. The van der Waals surface area contributed by atoms with Gasteiger partial charge in [0.2, 0.25) is 0 Å².